The maximum atomic E-state index is 13.1. The van der Waals surface area contributed by atoms with E-state index in [1.54, 1.807) is 0 Å². The summed E-state index contributed by atoms with van der Waals surface area (Å²) in [6.45, 7) is 0.904. The van der Waals surface area contributed by atoms with E-state index in [4.69, 9.17) is 4.74 Å². The molecule has 14 atom stereocenters. The molecule has 2 N–H and O–H groups in total. The van der Waals surface area contributed by atoms with Gasteiger partial charge in [0.1, 0.15) is 5.75 Å². The first kappa shape index (κ1) is 16.6. The molecule has 0 aromatic heterocycles. The smallest absolute Gasteiger partial charge is 0.119 e. The molecule has 0 radical (unpaired) electrons. The maximum absolute atomic E-state index is 13.1. The van der Waals surface area contributed by atoms with Crippen molar-refractivity contribution in [2.45, 2.75) is 37.7 Å². The maximum Gasteiger partial charge on any atom is 0.119 e. The van der Waals surface area contributed by atoms with Gasteiger partial charge in [0, 0.05) is 10.8 Å². The summed E-state index contributed by atoms with van der Waals surface area (Å²) in [6, 6.07) is 10.3. The minimum absolute atomic E-state index is 0.109. The lowest BCUT2D eigenvalue weighted by Gasteiger charge is -2.64. The van der Waals surface area contributed by atoms with Gasteiger partial charge in [0.2, 0.25) is 0 Å². The fourth-order valence-corrected chi connectivity index (χ4v) is 13.7. The fraction of sp³-hybridized carbons (Fsp3) is 0.778. The normalized spacial score (nSPS) is 66.0. The molecule has 9 bridgehead atoms. The van der Waals surface area contributed by atoms with E-state index in [2.05, 4.69) is 24.3 Å². The lowest BCUT2D eigenvalue weighted by Crippen LogP contribution is -2.72. The van der Waals surface area contributed by atoms with Gasteiger partial charge >= 0.3 is 0 Å². The number of rotatable bonds is 4. The second-order valence-electron chi connectivity index (χ2n) is 12.5. The van der Waals surface area contributed by atoms with E-state index in [-0.39, 0.29) is 17.4 Å². The fourth-order valence-electron chi connectivity index (χ4n) is 13.7. The standard InChI is InChI=1S/C27H32O3/c28-11-25-21-14-7-4-8-15(14)22-19(21)20-23(25)16-9-10-17-18(16)24(20)26(22,27(17,25)29)12-30-13-5-2-1-3-6-13/h1-3,5-6,14-24,28-29H,4,7-12H2/t14-,15+,16-,17-,18-,19+,20-,21+,22+,23-,24-,25-,26+,27-/m1/s1. The number of benzene rings is 1. The van der Waals surface area contributed by atoms with Gasteiger partial charge in [-0.05, 0) is 103 Å². The number of ether oxygens (including phenoxy) is 1. The molecule has 30 heavy (non-hydrogen) atoms. The van der Waals surface area contributed by atoms with E-state index in [1.165, 1.54) is 32.1 Å². The van der Waals surface area contributed by atoms with Gasteiger partial charge < -0.3 is 14.9 Å². The molecule has 10 rings (SSSR count). The van der Waals surface area contributed by atoms with Crippen molar-refractivity contribution >= 4 is 0 Å². The van der Waals surface area contributed by atoms with E-state index >= 15 is 0 Å². The zero-order chi connectivity index (χ0) is 19.6. The third kappa shape index (κ3) is 1.20. The summed E-state index contributed by atoms with van der Waals surface area (Å²) in [4.78, 5) is 0. The van der Waals surface area contributed by atoms with E-state index in [1.807, 2.05) is 6.07 Å². The summed E-state index contributed by atoms with van der Waals surface area (Å²) in [5, 5.41) is 24.3. The molecule has 3 heteroatoms. The Labute approximate surface area is 178 Å². The van der Waals surface area contributed by atoms with Crippen LogP contribution in [-0.4, -0.2) is 29.0 Å². The Balaban J connectivity index is 1.30. The topological polar surface area (TPSA) is 49.7 Å². The first-order valence-electron chi connectivity index (χ1n) is 12.7. The number of aliphatic hydroxyl groups excluding tert-OH is 1. The zero-order valence-corrected chi connectivity index (χ0v) is 17.5. The van der Waals surface area contributed by atoms with Crippen LogP contribution in [0, 0.1) is 75.9 Å². The van der Waals surface area contributed by atoms with Crippen molar-refractivity contribution < 1.29 is 14.9 Å². The van der Waals surface area contributed by atoms with Crippen molar-refractivity contribution in [3.05, 3.63) is 30.3 Å². The third-order valence-corrected chi connectivity index (χ3v) is 13.1. The molecule has 0 aliphatic heterocycles. The van der Waals surface area contributed by atoms with Crippen molar-refractivity contribution in [3.63, 3.8) is 0 Å². The van der Waals surface area contributed by atoms with Crippen LogP contribution in [0.25, 0.3) is 0 Å². The predicted octanol–water partition coefficient (Wildman–Crippen LogP) is 3.60. The Kier molecular flexibility index (Phi) is 2.57. The molecular formula is C27H32O3. The van der Waals surface area contributed by atoms with Crippen LogP contribution in [0.5, 0.6) is 5.75 Å². The molecule has 0 spiro atoms. The number of fused-ring (bicyclic) bond motifs is 1. The monoisotopic (exact) mass is 404 g/mol. The van der Waals surface area contributed by atoms with Gasteiger partial charge in [0.25, 0.3) is 0 Å². The molecule has 158 valence electrons. The molecule has 0 heterocycles. The molecule has 3 nitrogen and oxygen atoms in total. The van der Waals surface area contributed by atoms with E-state index < -0.39 is 5.60 Å². The van der Waals surface area contributed by atoms with Crippen molar-refractivity contribution in [1.82, 2.24) is 0 Å². The van der Waals surface area contributed by atoms with Crippen molar-refractivity contribution in [3.8, 4) is 5.75 Å². The van der Waals surface area contributed by atoms with Crippen LogP contribution in [0.15, 0.2) is 30.3 Å². The molecule has 9 aliphatic carbocycles. The van der Waals surface area contributed by atoms with Gasteiger partial charge in [-0.25, -0.2) is 0 Å². The largest absolute Gasteiger partial charge is 0.493 e. The van der Waals surface area contributed by atoms with Crippen LogP contribution in [0.1, 0.15) is 32.1 Å². The highest BCUT2D eigenvalue weighted by molar-refractivity contribution is 5.47. The van der Waals surface area contributed by atoms with Crippen molar-refractivity contribution in [2.24, 2.45) is 75.9 Å². The average molecular weight is 405 g/mol. The second kappa shape index (κ2) is 4.66. The lowest BCUT2D eigenvalue weighted by atomic mass is 9.43. The highest BCUT2D eigenvalue weighted by Gasteiger charge is 3.00. The first-order valence-corrected chi connectivity index (χ1v) is 12.7. The van der Waals surface area contributed by atoms with Gasteiger partial charge in [0.15, 0.2) is 0 Å². The minimum Gasteiger partial charge on any atom is -0.493 e. The lowest BCUT2D eigenvalue weighted by molar-refractivity contribution is -0.282. The Morgan fingerprint density at radius 3 is 2.27 bits per heavy atom. The van der Waals surface area contributed by atoms with Crippen LogP contribution in [0.3, 0.4) is 0 Å². The first-order chi connectivity index (χ1) is 14.7. The Morgan fingerprint density at radius 1 is 0.800 bits per heavy atom. The van der Waals surface area contributed by atoms with Gasteiger partial charge in [-0.3, -0.25) is 0 Å². The van der Waals surface area contributed by atoms with Crippen LogP contribution in [0.4, 0.5) is 0 Å². The van der Waals surface area contributed by atoms with Gasteiger partial charge in [-0.1, -0.05) is 24.6 Å². The summed E-state index contributed by atoms with van der Waals surface area (Å²) in [7, 11) is 0. The van der Waals surface area contributed by atoms with E-state index in [9.17, 15) is 10.2 Å². The van der Waals surface area contributed by atoms with E-state index in [0.717, 1.165) is 41.3 Å². The van der Waals surface area contributed by atoms with Gasteiger partial charge in [0.05, 0.1) is 18.8 Å². The molecule has 9 fully saturated rings. The summed E-state index contributed by atoms with van der Waals surface area (Å²) >= 11 is 0. The van der Waals surface area contributed by atoms with Crippen LogP contribution >= 0.6 is 0 Å². The van der Waals surface area contributed by atoms with Gasteiger partial charge in [-0.15, -0.1) is 0 Å². The summed E-state index contributed by atoms with van der Waals surface area (Å²) < 4.78 is 6.60. The zero-order valence-electron chi connectivity index (χ0n) is 17.5. The quantitative estimate of drug-likeness (QED) is 0.806. The molecule has 9 saturated carbocycles. The van der Waals surface area contributed by atoms with Crippen molar-refractivity contribution in [2.75, 3.05) is 13.2 Å². The van der Waals surface area contributed by atoms with Crippen LogP contribution in [0.2, 0.25) is 0 Å². The number of hydrogen-bond acceptors (Lipinski definition) is 3. The van der Waals surface area contributed by atoms with Gasteiger partial charge in [-0.2, -0.15) is 0 Å². The highest BCUT2D eigenvalue weighted by atomic mass is 16.5. The SMILES string of the molecule is OC[C@]12[C@@H]3[C@@H]4CC[C@@H]5[C@@H]4[C@@H]4[C@@H]3[C@H]3[C@@H]1[C@@H]1CCC[C@@H]1[C@@H]3[C@]4(COc1ccccc1)[C@@]52O. The summed E-state index contributed by atoms with van der Waals surface area (Å²) in [5.41, 5.74) is -1.03. The highest BCUT2D eigenvalue weighted by Crippen LogP contribution is 2.98. The second-order valence-corrected chi connectivity index (χ2v) is 12.5. The molecule has 0 amide bonds. The molecule has 9 aliphatic rings. The predicted molar refractivity (Wildman–Crippen MR) is 110 cm³/mol. The molecule has 0 saturated heterocycles. The number of hydrogen-bond donors (Lipinski definition) is 2. The van der Waals surface area contributed by atoms with Crippen LogP contribution in [-0.2, 0) is 0 Å². The molecule has 1 aromatic carbocycles. The Morgan fingerprint density at radius 2 is 1.50 bits per heavy atom. The van der Waals surface area contributed by atoms with Crippen molar-refractivity contribution in [1.29, 1.82) is 0 Å². The molecule has 1 aromatic rings. The molecular weight excluding hydrogens is 372 g/mol. The van der Waals surface area contributed by atoms with Crippen LogP contribution < -0.4 is 4.74 Å². The number of para-hydroxylation sites is 1. The summed E-state index contributed by atoms with van der Waals surface area (Å²) in [6.07, 6.45) is 6.57. The molecule has 0 unspecified atom stereocenters. The Hall–Kier alpha value is -1.06. The Bertz CT molecular complexity index is 962. The minimum atomic E-state index is -0.695. The summed E-state index contributed by atoms with van der Waals surface area (Å²) in [5.74, 6) is 8.47. The average Bonchev–Trinajstić information content (AvgIpc) is 3.54. The van der Waals surface area contributed by atoms with E-state index in [0.29, 0.717) is 36.2 Å². The number of aliphatic hydroxyl groups is 2. The third-order valence-electron chi connectivity index (χ3n) is 13.1.